The van der Waals surface area contributed by atoms with Crippen molar-refractivity contribution in [3.05, 3.63) is 75.2 Å². The summed E-state index contributed by atoms with van der Waals surface area (Å²) in [5.41, 5.74) is 5.25. The van der Waals surface area contributed by atoms with Crippen LogP contribution in [0.1, 0.15) is 83.4 Å². The number of thiophene rings is 1. The van der Waals surface area contributed by atoms with Crippen molar-refractivity contribution in [1.82, 2.24) is 0 Å². The smallest absolute Gasteiger partial charge is 0.262 e. The standard InChI is InChI=1S/C29H31N3O3S/c1-17(2)21-7-5-8-22(18(3)4)27(21)32-28(34)19-11-13-20(14-12-19)35-16-26(33)31-29-24(15-30)23-9-6-10-25(23)36-29/h5,7-8,11-14,17-18H,6,9-10,16H2,1-4H3,(H,31,33)(H,32,34). The van der Waals surface area contributed by atoms with Gasteiger partial charge in [-0.3, -0.25) is 9.59 Å². The van der Waals surface area contributed by atoms with Crippen LogP contribution in [0, 0.1) is 11.3 Å². The molecule has 7 heteroatoms. The van der Waals surface area contributed by atoms with E-state index in [1.807, 2.05) is 6.07 Å². The molecule has 0 bridgehead atoms. The van der Waals surface area contributed by atoms with E-state index in [1.165, 1.54) is 16.2 Å². The Morgan fingerprint density at radius 1 is 1.00 bits per heavy atom. The summed E-state index contributed by atoms with van der Waals surface area (Å²) in [5, 5.41) is 16.0. The third kappa shape index (κ3) is 5.44. The molecule has 0 spiro atoms. The van der Waals surface area contributed by atoms with Crippen molar-refractivity contribution in [3.63, 3.8) is 0 Å². The van der Waals surface area contributed by atoms with Crippen molar-refractivity contribution in [2.75, 3.05) is 17.2 Å². The normalized spacial score (nSPS) is 12.4. The second kappa shape index (κ2) is 11.0. The number of hydrogen-bond acceptors (Lipinski definition) is 5. The first-order valence-electron chi connectivity index (χ1n) is 12.3. The van der Waals surface area contributed by atoms with E-state index in [9.17, 15) is 14.9 Å². The van der Waals surface area contributed by atoms with Gasteiger partial charge in [-0.25, -0.2) is 0 Å². The molecule has 1 heterocycles. The van der Waals surface area contributed by atoms with Crippen molar-refractivity contribution < 1.29 is 14.3 Å². The number of carbonyl (C=O) groups excluding carboxylic acids is 2. The number of carbonyl (C=O) groups is 2. The van der Waals surface area contributed by atoms with Gasteiger partial charge in [0.1, 0.15) is 16.8 Å². The number of aryl methyl sites for hydroxylation is 1. The van der Waals surface area contributed by atoms with Gasteiger partial charge >= 0.3 is 0 Å². The number of para-hydroxylation sites is 1. The third-order valence-electron chi connectivity index (χ3n) is 6.38. The first-order valence-corrected chi connectivity index (χ1v) is 13.1. The zero-order valence-corrected chi connectivity index (χ0v) is 21.9. The van der Waals surface area contributed by atoms with Gasteiger partial charge in [0.2, 0.25) is 0 Å². The number of benzene rings is 2. The molecule has 1 aromatic heterocycles. The number of ether oxygens (including phenoxy) is 1. The van der Waals surface area contributed by atoms with Gasteiger partial charge in [0.25, 0.3) is 11.8 Å². The van der Waals surface area contributed by atoms with Crippen LogP contribution in [0.5, 0.6) is 5.75 Å². The summed E-state index contributed by atoms with van der Waals surface area (Å²) in [5.74, 6) is 0.533. The molecule has 0 saturated heterocycles. The van der Waals surface area contributed by atoms with E-state index in [2.05, 4.69) is 56.5 Å². The Morgan fingerprint density at radius 3 is 2.28 bits per heavy atom. The Balaban J connectivity index is 1.38. The minimum Gasteiger partial charge on any atom is -0.484 e. The van der Waals surface area contributed by atoms with Gasteiger partial charge in [0.05, 0.1) is 5.56 Å². The van der Waals surface area contributed by atoms with Gasteiger partial charge in [-0.2, -0.15) is 5.26 Å². The summed E-state index contributed by atoms with van der Waals surface area (Å²) in [6.07, 6.45) is 2.91. The SMILES string of the molecule is CC(C)c1cccc(C(C)C)c1NC(=O)c1ccc(OCC(=O)Nc2sc3c(c2C#N)CCC3)cc1. The number of nitriles is 1. The fourth-order valence-electron chi connectivity index (χ4n) is 4.51. The molecule has 1 aliphatic rings. The van der Waals surface area contributed by atoms with Crippen LogP contribution < -0.4 is 15.4 Å². The molecule has 4 rings (SSSR count). The van der Waals surface area contributed by atoms with Gasteiger partial charge in [-0.1, -0.05) is 45.9 Å². The van der Waals surface area contributed by atoms with Crippen LogP contribution in [-0.2, 0) is 17.6 Å². The summed E-state index contributed by atoms with van der Waals surface area (Å²) < 4.78 is 5.62. The number of hydrogen-bond donors (Lipinski definition) is 2. The maximum absolute atomic E-state index is 13.0. The molecule has 36 heavy (non-hydrogen) atoms. The van der Waals surface area contributed by atoms with E-state index in [4.69, 9.17) is 4.74 Å². The third-order valence-corrected chi connectivity index (χ3v) is 7.59. The van der Waals surface area contributed by atoms with Gasteiger partial charge < -0.3 is 15.4 Å². The van der Waals surface area contributed by atoms with Crippen LogP contribution >= 0.6 is 11.3 Å². The molecule has 0 saturated carbocycles. The van der Waals surface area contributed by atoms with E-state index < -0.39 is 0 Å². The molecule has 2 N–H and O–H groups in total. The molecule has 1 aliphatic carbocycles. The van der Waals surface area contributed by atoms with E-state index in [-0.39, 0.29) is 30.3 Å². The molecular weight excluding hydrogens is 470 g/mol. The maximum atomic E-state index is 13.0. The second-order valence-corrected chi connectivity index (χ2v) is 10.7. The molecule has 0 unspecified atom stereocenters. The first-order chi connectivity index (χ1) is 17.3. The maximum Gasteiger partial charge on any atom is 0.262 e. The number of rotatable bonds is 8. The molecule has 2 aromatic carbocycles. The van der Waals surface area contributed by atoms with E-state index in [0.717, 1.165) is 41.6 Å². The molecule has 0 aliphatic heterocycles. The first kappa shape index (κ1) is 25.5. The number of fused-ring (bicyclic) bond motifs is 1. The van der Waals surface area contributed by atoms with Gasteiger partial charge in [0, 0.05) is 16.1 Å². The topological polar surface area (TPSA) is 91.2 Å². The van der Waals surface area contributed by atoms with Crippen molar-refractivity contribution in [2.45, 2.75) is 58.8 Å². The number of anilines is 2. The van der Waals surface area contributed by atoms with Gasteiger partial charge in [0.15, 0.2) is 6.61 Å². The minimum atomic E-state index is -0.320. The molecule has 0 radical (unpaired) electrons. The number of nitrogens with zero attached hydrogens (tertiary/aromatic N) is 1. The number of nitrogens with one attached hydrogen (secondary N) is 2. The second-order valence-electron chi connectivity index (χ2n) is 9.61. The van der Waals surface area contributed by atoms with Gasteiger partial charge in [-0.05, 0) is 72.1 Å². The summed E-state index contributed by atoms with van der Waals surface area (Å²) in [7, 11) is 0. The number of amides is 2. The quantitative estimate of drug-likeness (QED) is 0.363. The minimum absolute atomic E-state index is 0.182. The Bertz CT molecular complexity index is 1290. The molecule has 6 nitrogen and oxygen atoms in total. The average Bonchev–Trinajstić information content (AvgIpc) is 3.43. The highest BCUT2D eigenvalue weighted by molar-refractivity contribution is 7.16. The Labute approximate surface area is 216 Å². The largest absolute Gasteiger partial charge is 0.484 e. The van der Waals surface area contributed by atoms with Crippen LogP contribution in [0.2, 0.25) is 0 Å². The summed E-state index contributed by atoms with van der Waals surface area (Å²) in [6, 6.07) is 15.1. The Morgan fingerprint density at radius 2 is 1.67 bits per heavy atom. The Hall–Kier alpha value is -3.63. The molecule has 186 valence electrons. The zero-order chi connectivity index (χ0) is 25.8. The highest BCUT2D eigenvalue weighted by atomic mass is 32.1. The fourth-order valence-corrected chi connectivity index (χ4v) is 5.76. The fraction of sp³-hybridized carbons (Fsp3) is 0.345. The monoisotopic (exact) mass is 501 g/mol. The highest BCUT2D eigenvalue weighted by Crippen LogP contribution is 2.38. The van der Waals surface area contributed by atoms with Crippen LogP contribution in [0.3, 0.4) is 0 Å². The van der Waals surface area contributed by atoms with E-state index >= 15 is 0 Å². The van der Waals surface area contributed by atoms with Crippen LogP contribution in [0.4, 0.5) is 10.7 Å². The highest BCUT2D eigenvalue weighted by Gasteiger charge is 2.23. The van der Waals surface area contributed by atoms with E-state index in [1.54, 1.807) is 24.3 Å². The van der Waals surface area contributed by atoms with Crippen molar-refractivity contribution in [3.8, 4) is 11.8 Å². The lowest BCUT2D eigenvalue weighted by atomic mass is 9.92. The van der Waals surface area contributed by atoms with Crippen molar-refractivity contribution in [1.29, 1.82) is 5.26 Å². The molecule has 0 atom stereocenters. The molecule has 2 amide bonds. The summed E-state index contributed by atoms with van der Waals surface area (Å²) in [6.45, 7) is 8.28. The molecule has 3 aromatic rings. The van der Waals surface area contributed by atoms with Gasteiger partial charge in [-0.15, -0.1) is 11.3 Å². The molecule has 0 fully saturated rings. The van der Waals surface area contributed by atoms with Crippen molar-refractivity contribution >= 4 is 33.8 Å². The van der Waals surface area contributed by atoms with Crippen LogP contribution in [0.25, 0.3) is 0 Å². The summed E-state index contributed by atoms with van der Waals surface area (Å²) >= 11 is 1.48. The Kier molecular flexibility index (Phi) is 7.76. The zero-order valence-electron chi connectivity index (χ0n) is 21.1. The van der Waals surface area contributed by atoms with Crippen LogP contribution in [-0.4, -0.2) is 18.4 Å². The lowest BCUT2D eigenvalue weighted by Gasteiger charge is -2.20. The predicted octanol–water partition coefficient (Wildman–Crippen LogP) is 6.63. The lowest BCUT2D eigenvalue weighted by molar-refractivity contribution is -0.118. The van der Waals surface area contributed by atoms with Crippen molar-refractivity contribution in [2.24, 2.45) is 0 Å². The summed E-state index contributed by atoms with van der Waals surface area (Å²) in [4.78, 5) is 26.6. The lowest BCUT2D eigenvalue weighted by Crippen LogP contribution is -2.20. The average molecular weight is 502 g/mol. The van der Waals surface area contributed by atoms with Crippen LogP contribution in [0.15, 0.2) is 42.5 Å². The predicted molar refractivity (Wildman–Crippen MR) is 144 cm³/mol. The molecular formula is C29H31N3O3S. The van der Waals surface area contributed by atoms with E-state index in [0.29, 0.717) is 21.9 Å².